The van der Waals surface area contributed by atoms with Crippen molar-refractivity contribution in [3.05, 3.63) is 52.8 Å². The van der Waals surface area contributed by atoms with E-state index >= 15 is 0 Å². The number of nitrogen functional groups attached to an aromatic ring is 1. The molecular formula is C24H25BrN6O4S2. The molecule has 0 radical (unpaired) electrons. The molecule has 3 N–H and O–H groups in total. The van der Waals surface area contributed by atoms with Gasteiger partial charge in [-0.25, -0.2) is 28.1 Å². The van der Waals surface area contributed by atoms with E-state index in [1.54, 1.807) is 12.1 Å². The Morgan fingerprint density at radius 2 is 1.84 bits per heavy atom. The van der Waals surface area contributed by atoms with Crippen LogP contribution in [0.5, 0.6) is 11.5 Å². The molecule has 0 saturated heterocycles. The third-order valence-corrected chi connectivity index (χ3v) is 9.20. The van der Waals surface area contributed by atoms with Crippen LogP contribution in [0.1, 0.15) is 26.3 Å². The van der Waals surface area contributed by atoms with Gasteiger partial charge in [0, 0.05) is 21.5 Å². The van der Waals surface area contributed by atoms with Crippen molar-refractivity contribution in [2.75, 3.05) is 12.5 Å². The highest BCUT2D eigenvalue weighted by atomic mass is 79.9. The number of hydrogen-bond acceptors (Lipinski definition) is 9. The van der Waals surface area contributed by atoms with E-state index in [0.29, 0.717) is 46.6 Å². The number of sulfonamides is 1. The van der Waals surface area contributed by atoms with Crippen molar-refractivity contribution in [2.24, 2.45) is 0 Å². The van der Waals surface area contributed by atoms with Crippen LogP contribution < -0.4 is 19.9 Å². The summed E-state index contributed by atoms with van der Waals surface area (Å²) < 4.78 is 41.7. The second-order valence-electron chi connectivity index (χ2n) is 9.46. The fraction of sp³-hybridized carbons (Fsp3) is 0.292. The van der Waals surface area contributed by atoms with E-state index in [4.69, 9.17) is 20.2 Å². The fourth-order valence-corrected chi connectivity index (χ4v) is 6.75. The minimum absolute atomic E-state index is 0.187. The number of nitrogens with one attached hydrogen (secondary N) is 1. The van der Waals surface area contributed by atoms with Gasteiger partial charge in [0.1, 0.15) is 6.33 Å². The number of imidazole rings is 1. The van der Waals surface area contributed by atoms with E-state index in [2.05, 4.69) is 30.6 Å². The monoisotopic (exact) mass is 604 g/mol. The van der Waals surface area contributed by atoms with E-state index < -0.39 is 15.6 Å². The fourth-order valence-electron chi connectivity index (χ4n) is 3.83. The van der Waals surface area contributed by atoms with Crippen molar-refractivity contribution in [3.63, 3.8) is 0 Å². The molecule has 1 aliphatic rings. The van der Waals surface area contributed by atoms with Crippen molar-refractivity contribution in [1.82, 2.24) is 24.2 Å². The number of aromatic nitrogens is 4. The summed E-state index contributed by atoms with van der Waals surface area (Å²) in [7, 11) is -3.60. The molecule has 5 rings (SSSR count). The van der Waals surface area contributed by atoms with E-state index in [1.807, 2.05) is 49.6 Å². The number of benzene rings is 2. The van der Waals surface area contributed by atoms with E-state index in [9.17, 15) is 8.42 Å². The van der Waals surface area contributed by atoms with Gasteiger partial charge >= 0.3 is 0 Å². The van der Waals surface area contributed by atoms with Gasteiger partial charge in [0.05, 0.1) is 4.90 Å². The Morgan fingerprint density at radius 1 is 1.14 bits per heavy atom. The molecule has 0 spiro atoms. The number of halogens is 1. The van der Waals surface area contributed by atoms with Crippen LogP contribution in [0.2, 0.25) is 0 Å². The van der Waals surface area contributed by atoms with Gasteiger partial charge in [-0.2, -0.15) is 0 Å². The lowest BCUT2D eigenvalue weighted by atomic mass is 10.1. The average Bonchev–Trinajstić information content (AvgIpc) is 3.41. The molecule has 0 fully saturated rings. The molecule has 0 amide bonds. The van der Waals surface area contributed by atoms with Crippen molar-refractivity contribution >= 4 is 54.7 Å². The number of aryl methyl sites for hydroxylation is 2. The maximum Gasteiger partial charge on any atom is 0.241 e. The van der Waals surface area contributed by atoms with Crippen molar-refractivity contribution in [1.29, 1.82) is 0 Å². The minimum atomic E-state index is -3.60. The first-order chi connectivity index (χ1) is 17.5. The number of nitrogens with two attached hydrogens (primary N) is 1. The van der Waals surface area contributed by atoms with Crippen LogP contribution in [0, 0.1) is 0 Å². The second-order valence-corrected chi connectivity index (χ2v) is 13.0. The molecule has 13 heteroatoms. The van der Waals surface area contributed by atoms with Crippen LogP contribution in [0.15, 0.2) is 62.1 Å². The molecule has 1 aliphatic heterocycles. The Balaban J connectivity index is 1.42. The first kappa shape index (κ1) is 25.8. The van der Waals surface area contributed by atoms with Gasteiger partial charge < -0.3 is 19.8 Å². The van der Waals surface area contributed by atoms with Crippen LogP contribution in [-0.4, -0.2) is 40.3 Å². The van der Waals surface area contributed by atoms with Gasteiger partial charge in [0.2, 0.25) is 16.8 Å². The second kappa shape index (κ2) is 9.78. The average molecular weight is 606 g/mol. The van der Waals surface area contributed by atoms with E-state index in [-0.39, 0.29) is 11.7 Å². The first-order valence-corrected chi connectivity index (χ1v) is 14.5. The molecule has 4 aromatic rings. The van der Waals surface area contributed by atoms with Gasteiger partial charge in [0.25, 0.3) is 0 Å². The number of nitrogens with zero attached hydrogens (tertiary/aromatic N) is 4. The Bertz CT molecular complexity index is 1580. The molecular weight excluding hydrogens is 580 g/mol. The van der Waals surface area contributed by atoms with Gasteiger partial charge in [-0.3, -0.25) is 0 Å². The third kappa shape index (κ3) is 5.54. The van der Waals surface area contributed by atoms with Crippen LogP contribution in [0.4, 0.5) is 5.82 Å². The number of hydrogen-bond donors (Lipinski definition) is 2. The summed E-state index contributed by atoms with van der Waals surface area (Å²) in [6, 6.07) is 10.7. The zero-order chi connectivity index (χ0) is 26.4. The highest BCUT2D eigenvalue weighted by molar-refractivity contribution is 9.10. The molecule has 10 nitrogen and oxygen atoms in total. The molecule has 194 valence electrons. The molecule has 3 heterocycles. The Kier molecular flexibility index (Phi) is 6.81. The molecule has 0 unspecified atom stereocenters. The molecule has 2 aromatic carbocycles. The Hall–Kier alpha value is -2.87. The van der Waals surface area contributed by atoms with Crippen LogP contribution in [0.25, 0.3) is 11.2 Å². The molecule has 0 bridgehead atoms. The van der Waals surface area contributed by atoms with Crippen molar-refractivity contribution in [3.8, 4) is 11.5 Å². The van der Waals surface area contributed by atoms with Crippen molar-refractivity contribution < 1.29 is 17.9 Å². The van der Waals surface area contributed by atoms with E-state index in [1.165, 1.54) is 18.1 Å². The Morgan fingerprint density at radius 3 is 2.54 bits per heavy atom. The number of ether oxygens (including phenoxy) is 2. The quantitative estimate of drug-likeness (QED) is 0.315. The summed E-state index contributed by atoms with van der Waals surface area (Å²) in [5.41, 5.74) is 7.66. The zero-order valence-corrected chi connectivity index (χ0v) is 23.6. The molecule has 0 aliphatic carbocycles. The minimum Gasteiger partial charge on any atom is -0.454 e. The normalized spacial score (nSPS) is 13.4. The lowest BCUT2D eigenvalue weighted by molar-refractivity contribution is 0.174. The number of rotatable bonds is 7. The standard InChI is InChI=1S/C24H25BrN6O4S2/c1-24(2,3)30-37(32,33)15-6-4-14(5-7-15)8-9-31-22-20(21(26)27-12-28-22)29-23(31)36-19-11-18-17(10-16(19)25)34-13-35-18/h4-7,10-12,30H,8-9,13H2,1-3H3,(H2,26,27,28). The summed E-state index contributed by atoms with van der Waals surface area (Å²) >= 11 is 5.05. The first-order valence-electron chi connectivity index (χ1n) is 11.4. The SMILES string of the molecule is CC(C)(C)NS(=O)(=O)c1ccc(CCn2c(Sc3cc4c(cc3Br)OCO4)nc3c(N)ncnc32)cc1. The van der Waals surface area contributed by atoms with Gasteiger partial charge in [0.15, 0.2) is 33.6 Å². The maximum absolute atomic E-state index is 12.6. The molecule has 0 saturated carbocycles. The molecule has 2 aromatic heterocycles. The zero-order valence-electron chi connectivity index (χ0n) is 20.4. The summed E-state index contributed by atoms with van der Waals surface area (Å²) in [4.78, 5) is 14.4. The summed E-state index contributed by atoms with van der Waals surface area (Å²) in [6.07, 6.45) is 2.04. The largest absolute Gasteiger partial charge is 0.454 e. The Labute approximate surface area is 227 Å². The summed E-state index contributed by atoms with van der Waals surface area (Å²) in [5, 5.41) is 0.690. The van der Waals surface area contributed by atoms with Crippen LogP contribution in [0.3, 0.4) is 0 Å². The van der Waals surface area contributed by atoms with Gasteiger partial charge in [-0.15, -0.1) is 0 Å². The van der Waals surface area contributed by atoms with Crippen LogP contribution >= 0.6 is 27.7 Å². The summed E-state index contributed by atoms with van der Waals surface area (Å²) in [5.74, 6) is 1.66. The highest BCUT2D eigenvalue weighted by Gasteiger charge is 2.23. The molecule has 37 heavy (non-hydrogen) atoms. The van der Waals surface area contributed by atoms with Gasteiger partial charge in [-0.1, -0.05) is 23.9 Å². The van der Waals surface area contributed by atoms with E-state index in [0.717, 1.165) is 14.9 Å². The van der Waals surface area contributed by atoms with Crippen molar-refractivity contribution in [2.45, 2.75) is 54.2 Å². The predicted octanol–water partition coefficient (Wildman–Crippen LogP) is 4.37. The third-order valence-electron chi connectivity index (χ3n) is 5.45. The lowest BCUT2D eigenvalue weighted by Crippen LogP contribution is -2.40. The topological polar surface area (TPSA) is 134 Å². The molecule has 0 atom stereocenters. The summed E-state index contributed by atoms with van der Waals surface area (Å²) in [6.45, 7) is 6.16. The smallest absolute Gasteiger partial charge is 0.241 e. The predicted molar refractivity (Wildman–Crippen MR) is 144 cm³/mol. The number of anilines is 1. The lowest BCUT2D eigenvalue weighted by Gasteiger charge is -2.20. The maximum atomic E-state index is 12.6. The highest BCUT2D eigenvalue weighted by Crippen LogP contribution is 2.43. The number of fused-ring (bicyclic) bond motifs is 2. The van der Waals surface area contributed by atoms with Gasteiger partial charge in [-0.05, 0) is 73.0 Å². The van der Waals surface area contributed by atoms with Crippen LogP contribution in [-0.2, 0) is 23.0 Å².